The normalized spacial score (nSPS) is 19.8. The second-order valence-electron chi connectivity index (χ2n) is 7.31. The zero-order valence-corrected chi connectivity index (χ0v) is 15.9. The Morgan fingerprint density at radius 2 is 2.07 bits per heavy atom. The Hall–Kier alpha value is -2.51. The Bertz CT molecular complexity index is 801. The van der Waals surface area contributed by atoms with Gasteiger partial charge in [-0.25, -0.2) is 0 Å². The van der Waals surface area contributed by atoms with Gasteiger partial charge >= 0.3 is 6.18 Å². The number of hydrogen-bond acceptors (Lipinski definition) is 4. The van der Waals surface area contributed by atoms with Crippen LogP contribution in [0.5, 0.6) is 5.75 Å². The van der Waals surface area contributed by atoms with Crippen LogP contribution in [-0.4, -0.2) is 37.0 Å². The van der Waals surface area contributed by atoms with Gasteiger partial charge in [-0.15, -0.1) is 0 Å². The van der Waals surface area contributed by atoms with E-state index in [1.54, 1.807) is 23.2 Å². The molecule has 28 heavy (non-hydrogen) atoms. The molecule has 1 aromatic rings. The summed E-state index contributed by atoms with van der Waals surface area (Å²) in [5.41, 5.74) is 2.02. The fourth-order valence-electron chi connectivity index (χ4n) is 3.49. The summed E-state index contributed by atoms with van der Waals surface area (Å²) in [7, 11) is 0. The molecule has 1 aromatic carbocycles. The van der Waals surface area contributed by atoms with E-state index < -0.39 is 12.8 Å². The molecule has 0 aromatic heterocycles. The summed E-state index contributed by atoms with van der Waals surface area (Å²) in [5, 5.41) is 10.9. The van der Waals surface area contributed by atoms with Crippen molar-refractivity contribution in [2.75, 3.05) is 11.5 Å². The summed E-state index contributed by atoms with van der Waals surface area (Å²) >= 11 is 0. The lowest BCUT2D eigenvalue weighted by atomic mass is 9.92. The maximum Gasteiger partial charge on any atom is 0.422 e. The zero-order valence-electron chi connectivity index (χ0n) is 15.9. The maximum atomic E-state index is 12.9. The predicted molar refractivity (Wildman–Crippen MR) is 102 cm³/mol. The number of benzene rings is 1. The molecule has 2 aliphatic rings. The zero-order chi connectivity index (χ0) is 20.5. The van der Waals surface area contributed by atoms with E-state index in [1.807, 2.05) is 6.92 Å². The van der Waals surface area contributed by atoms with E-state index in [1.165, 1.54) is 6.92 Å². The second-order valence-corrected chi connectivity index (χ2v) is 7.31. The van der Waals surface area contributed by atoms with Gasteiger partial charge in [-0.3, -0.25) is 4.79 Å². The number of allylic oxidation sites excluding steroid dienone is 1. The largest absolute Gasteiger partial charge is 0.483 e. The summed E-state index contributed by atoms with van der Waals surface area (Å²) in [4.78, 5) is 13.7. The van der Waals surface area contributed by atoms with Gasteiger partial charge in [-0.2, -0.15) is 13.2 Å². The van der Waals surface area contributed by atoms with E-state index in [-0.39, 0.29) is 17.7 Å². The minimum Gasteiger partial charge on any atom is -0.483 e. The molecule has 0 radical (unpaired) electrons. The van der Waals surface area contributed by atoms with Crippen molar-refractivity contribution < 1.29 is 22.7 Å². The van der Waals surface area contributed by atoms with Crippen molar-refractivity contribution in [3.63, 3.8) is 0 Å². The lowest BCUT2D eigenvalue weighted by molar-refractivity contribution is -0.153. The number of nitrogens with zero attached hydrogens (tertiary/aromatic N) is 1. The molecule has 0 spiro atoms. The van der Waals surface area contributed by atoms with Crippen LogP contribution in [-0.2, 0) is 11.2 Å². The van der Waals surface area contributed by atoms with E-state index in [9.17, 15) is 18.0 Å². The molecule has 1 amide bonds. The Balaban J connectivity index is 2.07. The summed E-state index contributed by atoms with van der Waals surface area (Å²) in [5.74, 6) is -0.0680. The average Bonchev–Trinajstić information content (AvgIpc) is 3.43. The maximum absolute atomic E-state index is 12.9. The van der Waals surface area contributed by atoms with Gasteiger partial charge in [0.25, 0.3) is 0 Å². The molecule has 1 aliphatic heterocycles. The van der Waals surface area contributed by atoms with E-state index in [0.717, 1.165) is 19.1 Å². The third-order valence-corrected chi connectivity index (χ3v) is 4.99. The molecular formula is C20H24F3N3O2. The van der Waals surface area contributed by atoms with E-state index in [4.69, 9.17) is 10.1 Å². The van der Waals surface area contributed by atoms with Crippen LogP contribution in [0.3, 0.4) is 0 Å². The van der Waals surface area contributed by atoms with E-state index in [0.29, 0.717) is 41.3 Å². The summed E-state index contributed by atoms with van der Waals surface area (Å²) in [6, 6.07) is 3.67. The highest BCUT2D eigenvalue weighted by molar-refractivity contribution is 6.10. The van der Waals surface area contributed by atoms with Gasteiger partial charge in [0.05, 0.1) is 5.69 Å². The molecule has 5 nitrogen and oxygen atoms in total. The molecular weight excluding hydrogens is 371 g/mol. The number of amides is 1. The molecule has 1 unspecified atom stereocenters. The standard InChI is InChI=1S/C20H24F3N3O2/c1-12-3-6-17-18(26(12)13(2)27)8-7-16(19(17)28-11-20(21,22)23)14(9-24)10-25-15-4-5-15/h7-10,12,15,24-25H,3-6,11H2,1-2H3/b14-10+,24-9?. The van der Waals surface area contributed by atoms with Crippen LogP contribution in [0.25, 0.3) is 5.57 Å². The first-order valence-electron chi connectivity index (χ1n) is 9.33. The third kappa shape index (κ3) is 4.48. The van der Waals surface area contributed by atoms with Gasteiger partial charge in [0.1, 0.15) is 5.75 Å². The van der Waals surface area contributed by atoms with Gasteiger partial charge in [0, 0.05) is 48.1 Å². The number of fused-ring (bicyclic) bond motifs is 1. The Morgan fingerprint density at radius 3 is 2.64 bits per heavy atom. The monoisotopic (exact) mass is 395 g/mol. The van der Waals surface area contributed by atoms with Crippen LogP contribution in [0.2, 0.25) is 0 Å². The fourth-order valence-corrected chi connectivity index (χ4v) is 3.49. The number of carbonyl (C=O) groups is 1. The highest BCUT2D eigenvalue weighted by Crippen LogP contribution is 2.41. The average molecular weight is 395 g/mol. The molecule has 1 atom stereocenters. The van der Waals surface area contributed by atoms with Crippen LogP contribution in [0.15, 0.2) is 18.3 Å². The number of hydrogen-bond donors (Lipinski definition) is 2. The topological polar surface area (TPSA) is 65.4 Å². The van der Waals surface area contributed by atoms with Gasteiger partial charge < -0.3 is 20.4 Å². The first-order valence-corrected chi connectivity index (χ1v) is 9.33. The molecule has 1 fully saturated rings. The molecule has 8 heteroatoms. The van der Waals surface area contributed by atoms with E-state index >= 15 is 0 Å². The van der Waals surface area contributed by atoms with Gasteiger partial charge in [-0.05, 0) is 44.7 Å². The van der Waals surface area contributed by atoms with Crippen molar-refractivity contribution in [2.24, 2.45) is 0 Å². The number of nitrogens with one attached hydrogen (secondary N) is 2. The number of halogens is 3. The van der Waals surface area contributed by atoms with Crippen molar-refractivity contribution in [2.45, 2.75) is 57.8 Å². The first kappa shape index (κ1) is 20.2. The minimum absolute atomic E-state index is 0.0411. The van der Waals surface area contributed by atoms with Crippen LogP contribution >= 0.6 is 0 Å². The van der Waals surface area contributed by atoms with Crippen LogP contribution < -0.4 is 15.0 Å². The Kier molecular flexibility index (Phi) is 5.67. The molecule has 1 saturated carbocycles. The molecule has 1 heterocycles. The number of alkyl halides is 3. The molecule has 3 rings (SSSR count). The van der Waals surface area contributed by atoms with Crippen LogP contribution in [0.4, 0.5) is 18.9 Å². The number of carbonyl (C=O) groups excluding carboxylic acids is 1. The predicted octanol–water partition coefficient (Wildman–Crippen LogP) is 4.06. The van der Waals surface area contributed by atoms with Crippen molar-refractivity contribution in [3.05, 3.63) is 29.5 Å². The van der Waals surface area contributed by atoms with Crippen molar-refractivity contribution >= 4 is 23.4 Å². The lowest BCUT2D eigenvalue weighted by Gasteiger charge is -2.36. The fraction of sp³-hybridized carbons (Fsp3) is 0.500. The van der Waals surface area contributed by atoms with Gasteiger partial charge in [0.2, 0.25) is 5.91 Å². The minimum atomic E-state index is -4.48. The van der Waals surface area contributed by atoms with Crippen molar-refractivity contribution in [1.82, 2.24) is 5.32 Å². The van der Waals surface area contributed by atoms with Gasteiger partial charge in [-0.1, -0.05) is 0 Å². The highest BCUT2D eigenvalue weighted by atomic mass is 19.4. The number of anilines is 1. The third-order valence-electron chi connectivity index (χ3n) is 4.99. The van der Waals surface area contributed by atoms with Crippen molar-refractivity contribution in [1.29, 1.82) is 5.41 Å². The Labute approximate surface area is 162 Å². The van der Waals surface area contributed by atoms with Crippen LogP contribution in [0, 0.1) is 5.41 Å². The summed E-state index contributed by atoms with van der Waals surface area (Å²) in [6.45, 7) is 1.93. The molecule has 152 valence electrons. The summed E-state index contributed by atoms with van der Waals surface area (Å²) < 4.78 is 43.8. The Morgan fingerprint density at radius 1 is 1.36 bits per heavy atom. The molecule has 0 saturated heterocycles. The molecule has 2 N–H and O–H groups in total. The first-order chi connectivity index (χ1) is 13.2. The quantitative estimate of drug-likeness (QED) is 0.714. The SMILES string of the molecule is CC(=O)N1c2ccc(/C(C=N)=C/NC3CC3)c(OCC(F)(F)F)c2CCC1C. The summed E-state index contributed by atoms with van der Waals surface area (Å²) in [6.07, 6.45) is 1.48. The molecule has 0 bridgehead atoms. The second kappa shape index (κ2) is 7.85. The smallest absolute Gasteiger partial charge is 0.422 e. The lowest BCUT2D eigenvalue weighted by Crippen LogP contribution is -2.41. The van der Waals surface area contributed by atoms with Gasteiger partial charge in [0.15, 0.2) is 6.61 Å². The highest BCUT2D eigenvalue weighted by Gasteiger charge is 2.33. The number of ether oxygens (including phenoxy) is 1. The number of rotatable bonds is 6. The van der Waals surface area contributed by atoms with E-state index in [2.05, 4.69) is 5.32 Å². The van der Waals surface area contributed by atoms with Crippen LogP contribution in [0.1, 0.15) is 44.2 Å². The van der Waals surface area contributed by atoms with Crippen molar-refractivity contribution in [3.8, 4) is 5.75 Å². The molecule has 1 aliphatic carbocycles.